The topological polar surface area (TPSA) is 162 Å². The van der Waals surface area contributed by atoms with E-state index in [1.165, 1.54) is 0 Å². The summed E-state index contributed by atoms with van der Waals surface area (Å²) in [4.78, 5) is 58.6. The summed E-state index contributed by atoms with van der Waals surface area (Å²) in [6, 6.07) is 0. The van der Waals surface area contributed by atoms with Gasteiger partial charge < -0.3 is 38.4 Å². The minimum atomic E-state index is -4.61. The van der Waals surface area contributed by atoms with Gasteiger partial charge in [0.25, 0.3) is 0 Å². The maximum absolute atomic E-state index is 7.33. The fourth-order valence-electron chi connectivity index (χ4n) is 0. The first-order valence-electron chi connectivity index (χ1n) is 1.79. The average molecular weight is 330 g/mol. The molecule has 0 aromatic rings. The molecule has 16 heteroatoms. The monoisotopic (exact) mass is 330 g/mol. The maximum atomic E-state index is 7.33. The van der Waals surface area contributed by atoms with E-state index in [1.54, 1.807) is 0 Å². The van der Waals surface area contributed by atoms with Crippen LogP contribution in [0.1, 0.15) is 0 Å². The number of hydrogen-bond donors (Lipinski definition) is 8. The summed E-state index contributed by atoms with van der Waals surface area (Å²) in [7, 11) is -9.22. The van der Waals surface area contributed by atoms with Gasteiger partial charge in [-0.05, 0) is 0 Å². The van der Waals surface area contributed by atoms with Gasteiger partial charge in [-0.1, -0.05) is 0 Å². The molecule has 0 aliphatic rings. The quantitative estimate of drug-likeness (QED) is 0.203. The summed E-state index contributed by atoms with van der Waals surface area (Å²) in [6.07, 6.45) is 0. The molecule has 8 nitrogen and oxygen atoms in total. The molecule has 0 rings (SSSR count). The largest absolute Gasteiger partial charge is 0.668 e. The second kappa shape index (κ2) is 26.0. The van der Waals surface area contributed by atoms with Gasteiger partial charge in [0.2, 0.25) is 0 Å². The van der Waals surface area contributed by atoms with Crippen LogP contribution in [0.4, 0.5) is 0 Å². The Morgan fingerprint density at radius 2 is 0.312 bits per heavy atom. The minimum Gasteiger partial charge on any atom is -0.368 e. The van der Waals surface area contributed by atoms with E-state index >= 15 is 0 Å². The van der Waals surface area contributed by atoms with Crippen molar-refractivity contribution in [3.63, 3.8) is 0 Å². The fraction of sp³-hybridized carbons (Fsp3) is 0. The smallest absolute Gasteiger partial charge is 0.368 e. The Kier molecular flexibility index (Phi) is 80.5. The van der Waals surface area contributed by atoms with E-state index < -0.39 is 18.1 Å². The van der Waals surface area contributed by atoms with Crippen molar-refractivity contribution < 1.29 is 38.4 Å². The van der Waals surface area contributed by atoms with Crippen LogP contribution in [0.2, 0.25) is 0 Å². The SMILES string of the molecule is O[Si](O)(O)O.O[Si](O)(O)O.[Na].[Na].[Na].[Na].[Na].[Na]. The zero-order chi connectivity index (χ0) is 9.00. The Morgan fingerprint density at radius 3 is 0.312 bits per heavy atom. The van der Waals surface area contributed by atoms with Crippen LogP contribution in [0.5, 0.6) is 0 Å². The molecule has 0 aromatic heterocycles. The van der Waals surface area contributed by atoms with Crippen molar-refractivity contribution in [3.05, 3.63) is 0 Å². The normalized spacial score (nSPS) is 7.50. The standard InChI is InChI=1S/6Na.2H4O4Si/c;;;;;;2*1-5(2,3)4/h;;;;;;2*1-4H. The van der Waals surface area contributed by atoms with Gasteiger partial charge in [0, 0.05) is 177 Å². The van der Waals surface area contributed by atoms with Crippen LogP contribution in [-0.2, 0) is 0 Å². The fourth-order valence-corrected chi connectivity index (χ4v) is 0. The molecule has 0 aliphatic carbocycles. The van der Waals surface area contributed by atoms with Crippen LogP contribution >= 0.6 is 0 Å². The molecular formula is H8Na6O8Si2. The first kappa shape index (κ1) is 49.5. The molecule has 0 atom stereocenters. The Hall–Kier alpha value is 6.11. The Labute approximate surface area is 228 Å². The first-order valence-corrected chi connectivity index (χ1v) is 5.37. The molecule has 70 valence electrons. The first-order chi connectivity index (χ1) is 4.00. The van der Waals surface area contributed by atoms with E-state index in [0.717, 1.165) is 0 Å². The molecule has 0 spiro atoms. The minimum absolute atomic E-state index is 0. The molecule has 0 unspecified atom stereocenters. The van der Waals surface area contributed by atoms with Crippen molar-refractivity contribution in [1.82, 2.24) is 0 Å². The van der Waals surface area contributed by atoms with E-state index in [-0.39, 0.29) is 177 Å². The van der Waals surface area contributed by atoms with Crippen molar-refractivity contribution in [3.8, 4) is 0 Å². The van der Waals surface area contributed by atoms with Crippen molar-refractivity contribution in [2.24, 2.45) is 0 Å². The molecule has 16 heavy (non-hydrogen) atoms. The van der Waals surface area contributed by atoms with Crippen LogP contribution in [0.3, 0.4) is 0 Å². The molecule has 0 aromatic carbocycles. The van der Waals surface area contributed by atoms with Crippen molar-refractivity contribution in [1.29, 1.82) is 0 Å². The predicted octanol–water partition coefficient (Wildman–Crippen LogP) is -7.50. The third-order valence-electron chi connectivity index (χ3n) is 0. The van der Waals surface area contributed by atoms with Gasteiger partial charge in [0.1, 0.15) is 0 Å². The summed E-state index contributed by atoms with van der Waals surface area (Å²) in [5, 5.41) is 0. The second-order valence-corrected chi connectivity index (χ2v) is 3.60. The van der Waals surface area contributed by atoms with Gasteiger partial charge in [0.15, 0.2) is 0 Å². The van der Waals surface area contributed by atoms with Gasteiger partial charge in [-0.25, -0.2) is 0 Å². The van der Waals surface area contributed by atoms with Crippen LogP contribution in [0, 0.1) is 0 Å². The van der Waals surface area contributed by atoms with Gasteiger partial charge in [-0.15, -0.1) is 0 Å². The van der Waals surface area contributed by atoms with E-state index in [1.807, 2.05) is 0 Å². The molecule has 0 heterocycles. The predicted molar refractivity (Wildman–Crippen MR) is 63.8 cm³/mol. The Bertz CT molecular complexity index is 65.5. The van der Waals surface area contributed by atoms with Crippen LogP contribution in [0.15, 0.2) is 0 Å². The van der Waals surface area contributed by atoms with Crippen molar-refractivity contribution >= 4 is 195 Å². The van der Waals surface area contributed by atoms with Gasteiger partial charge in [-0.2, -0.15) is 0 Å². The molecule has 0 bridgehead atoms. The third-order valence-corrected chi connectivity index (χ3v) is 0. The molecule has 0 saturated carbocycles. The van der Waals surface area contributed by atoms with E-state index in [2.05, 4.69) is 0 Å². The Morgan fingerprint density at radius 1 is 0.312 bits per heavy atom. The van der Waals surface area contributed by atoms with E-state index in [0.29, 0.717) is 0 Å². The zero-order valence-corrected chi connectivity index (χ0v) is 24.6. The summed E-state index contributed by atoms with van der Waals surface area (Å²) < 4.78 is 0. The number of hydrogen-bond acceptors (Lipinski definition) is 8. The third kappa shape index (κ3) is 197. The molecule has 0 fully saturated rings. The molecule has 0 saturated heterocycles. The molecule has 0 amide bonds. The zero-order valence-electron chi connectivity index (χ0n) is 10.6. The average Bonchev–Trinajstić information content (AvgIpc) is 1.12. The molecule has 6 radical (unpaired) electrons. The Balaban J connectivity index is -0.00000000970. The van der Waals surface area contributed by atoms with E-state index in [4.69, 9.17) is 38.4 Å². The van der Waals surface area contributed by atoms with Crippen molar-refractivity contribution in [2.45, 2.75) is 0 Å². The molecule has 8 N–H and O–H groups in total. The summed E-state index contributed by atoms with van der Waals surface area (Å²) in [5.74, 6) is 0. The number of rotatable bonds is 0. The van der Waals surface area contributed by atoms with E-state index in [9.17, 15) is 0 Å². The summed E-state index contributed by atoms with van der Waals surface area (Å²) >= 11 is 0. The van der Waals surface area contributed by atoms with Gasteiger partial charge in [0.05, 0.1) is 0 Å². The van der Waals surface area contributed by atoms with Crippen molar-refractivity contribution in [2.75, 3.05) is 0 Å². The second-order valence-electron chi connectivity index (χ2n) is 1.20. The van der Waals surface area contributed by atoms with Gasteiger partial charge >= 0.3 is 18.1 Å². The van der Waals surface area contributed by atoms with Crippen LogP contribution < -0.4 is 0 Å². The van der Waals surface area contributed by atoms with Gasteiger partial charge in [-0.3, -0.25) is 0 Å². The molecular weight excluding hydrogens is 322 g/mol. The van der Waals surface area contributed by atoms with Crippen LogP contribution in [-0.4, -0.2) is 234 Å². The molecule has 0 aliphatic heterocycles. The van der Waals surface area contributed by atoms with Crippen LogP contribution in [0.25, 0.3) is 0 Å². The summed E-state index contributed by atoms with van der Waals surface area (Å²) in [5.41, 5.74) is 0. The maximum Gasteiger partial charge on any atom is 0.668 e. The summed E-state index contributed by atoms with van der Waals surface area (Å²) in [6.45, 7) is 0.